The van der Waals surface area contributed by atoms with Crippen molar-refractivity contribution in [3.8, 4) is 0 Å². The quantitative estimate of drug-likeness (QED) is 0.360. The highest BCUT2D eigenvalue weighted by molar-refractivity contribution is 7.91. The first-order valence-corrected chi connectivity index (χ1v) is 7.07. The predicted molar refractivity (Wildman–Crippen MR) is 67.1 cm³/mol. The topological polar surface area (TPSA) is 82.9 Å². The van der Waals surface area contributed by atoms with Crippen LogP contribution in [0.25, 0.3) is 10.4 Å². The molecule has 0 aliphatic rings. The number of sulfone groups is 1. The van der Waals surface area contributed by atoms with E-state index < -0.39 is 9.84 Å². The third-order valence-electron chi connectivity index (χ3n) is 1.96. The van der Waals surface area contributed by atoms with Crippen LogP contribution in [-0.2, 0) is 9.84 Å². The lowest BCUT2D eigenvalue weighted by Gasteiger charge is -2.05. The van der Waals surface area contributed by atoms with Crippen LogP contribution < -0.4 is 0 Å². The van der Waals surface area contributed by atoms with Crippen LogP contribution in [0.1, 0.15) is 6.42 Å². The van der Waals surface area contributed by atoms with Gasteiger partial charge in [-0.15, -0.1) is 0 Å². The standard InChI is InChI=1S/C9H9Cl2N3O2S/c10-7-2-3-8(11)9(6-7)17(15,16)5-1-4-13-14-12/h2-3,6H,1,4-5H2. The van der Waals surface area contributed by atoms with Crippen molar-refractivity contribution in [1.29, 1.82) is 0 Å². The highest BCUT2D eigenvalue weighted by Crippen LogP contribution is 2.26. The minimum Gasteiger partial charge on any atom is -0.224 e. The smallest absolute Gasteiger partial charge is 0.179 e. The van der Waals surface area contributed by atoms with Gasteiger partial charge in [0.25, 0.3) is 0 Å². The summed E-state index contributed by atoms with van der Waals surface area (Å²) < 4.78 is 23.8. The van der Waals surface area contributed by atoms with Crippen LogP contribution in [0.15, 0.2) is 28.2 Å². The Labute approximate surface area is 109 Å². The lowest BCUT2D eigenvalue weighted by atomic mass is 10.4. The van der Waals surface area contributed by atoms with Crippen molar-refractivity contribution in [1.82, 2.24) is 0 Å². The lowest BCUT2D eigenvalue weighted by Crippen LogP contribution is -2.08. The summed E-state index contributed by atoms with van der Waals surface area (Å²) in [6.07, 6.45) is 0.245. The number of halogens is 2. The Morgan fingerprint density at radius 1 is 1.35 bits per heavy atom. The van der Waals surface area contributed by atoms with Crippen molar-refractivity contribution in [3.05, 3.63) is 38.7 Å². The van der Waals surface area contributed by atoms with Crippen molar-refractivity contribution < 1.29 is 8.42 Å². The van der Waals surface area contributed by atoms with Gasteiger partial charge in [-0.1, -0.05) is 28.3 Å². The molecule has 0 spiro atoms. The maximum absolute atomic E-state index is 11.9. The summed E-state index contributed by atoms with van der Waals surface area (Å²) in [5.74, 6) is -0.133. The molecule has 0 amide bonds. The minimum absolute atomic E-state index is 0.00704. The van der Waals surface area contributed by atoms with Gasteiger partial charge in [0.15, 0.2) is 9.84 Å². The zero-order chi connectivity index (χ0) is 12.9. The largest absolute Gasteiger partial charge is 0.224 e. The summed E-state index contributed by atoms with van der Waals surface area (Å²) in [6.45, 7) is 0.133. The molecule has 0 saturated heterocycles. The number of hydrogen-bond donors (Lipinski definition) is 0. The Kier molecular flexibility index (Phi) is 5.08. The fraction of sp³-hybridized carbons (Fsp3) is 0.333. The fourth-order valence-corrected chi connectivity index (χ4v) is 3.30. The molecule has 0 atom stereocenters. The molecule has 1 rings (SSSR count). The molecule has 0 N–H and O–H groups in total. The maximum Gasteiger partial charge on any atom is 0.179 e. The van der Waals surface area contributed by atoms with E-state index in [9.17, 15) is 8.42 Å². The highest BCUT2D eigenvalue weighted by Gasteiger charge is 2.17. The van der Waals surface area contributed by atoms with Crippen LogP contribution >= 0.6 is 23.2 Å². The fourth-order valence-electron chi connectivity index (χ4n) is 1.20. The van der Waals surface area contributed by atoms with E-state index in [1.54, 1.807) is 0 Å². The molecule has 0 aliphatic heterocycles. The second-order valence-corrected chi connectivity index (χ2v) is 6.12. The third-order valence-corrected chi connectivity index (χ3v) is 4.47. The monoisotopic (exact) mass is 293 g/mol. The first-order valence-electron chi connectivity index (χ1n) is 4.66. The second-order valence-electron chi connectivity index (χ2n) is 3.20. The van der Waals surface area contributed by atoms with Crippen molar-refractivity contribution in [3.63, 3.8) is 0 Å². The molecule has 17 heavy (non-hydrogen) atoms. The molecule has 0 saturated carbocycles. The Morgan fingerprint density at radius 2 is 2.06 bits per heavy atom. The summed E-state index contributed by atoms with van der Waals surface area (Å²) in [5.41, 5.74) is 8.06. The van der Waals surface area contributed by atoms with Gasteiger partial charge in [0.1, 0.15) is 0 Å². The van der Waals surface area contributed by atoms with Crippen LogP contribution in [-0.4, -0.2) is 20.7 Å². The zero-order valence-corrected chi connectivity index (χ0v) is 11.0. The van der Waals surface area contributed by atoms with Gasteiger partial charge in [-0.05, 0) is 30.2 Å². The second kappa shape index (κ2) is 6.12. The van der Waals surface area contributed by atoms with Crippen molar-refractivity contribution in [2.45, 2.75) is 11.3 Å². The molecule has 1 aromatic rings. The molecule has 0 aliphatic carbocycles. The summed E-state index contributed by atoms with van der Waals surface area (Å²) in [5, 5.41) is 3.71. The molecular formula is C9H9Cl2N3O2S. The van der Waals surface area contributed by atoms with Crippen LogP contribution in [0.2, 0.25) is 10.0 Å². The molecule has 8 heteroatoms. The van der Waals surface area contributed by atoms with Crippen LogP contribution in [0, 0.1) is 0 Å². The van der Waals surface area contributed by atoms with E-state index in [4.69, 9.17) is 28.7 Å². The molecule has 92 valence electrons. The van der Waals surface area contributed by atoms with Crippen LogP contribution in [0.3, 0.4) is 0 Å². The number of hydrogen-bond acceptors (Lipinski definition) is 3. The molecule has 0 radical (unpaired) electrons. The minimum atomic E-state index is -3.49. The van der Waals surface area contributed by atoms with Crippen molar-refractivity contribution in [2.75, 3.05) is 12.3 Å². The van der Waals surface area contributed by atoms with E-state index >= 15 is 0 Å². The molecule has 0 fully saturated rings. The van der Waals surface area contributed by atoms with Crippen LogP contribution in [0.5, 0.6) is 0 Å². The lowest BCUT2D eigenvalue weighted by molar-refractivity contribution is 0.593. The summed E-state index contributed by atoms with van der Waals surface area (Å²) in [7, 11) is -3.49. The first kappa shape index (κ1) is 14.1. The van der Waals surface area contributed by atoms with Crippen molar-refractivity contribution in [2.24, 2.45) is 5.11 Å². The normalized spacial score (nSPS) is 10.9. The van der Waals surface area contributed by atoms with E-state index in [0.29, 0.717) is 5.02 Å². The third kappa shape index (κ3) is 4.09. The average Bonchev–Trinajstić information content (AvgIpc) is 2.28. The van der Waals surface area contributed by atoms with Gasteiger partial charge in [0, 0.05) is 16.5 Å². The van der Waals surface area contributed by atoms with Crippen molar-refractivity contribution >= 4 is 33.0 Å². The van der Waals surface area contributed by atoms with E-state index in [2.05, 4.69) is 10.0 Å². The van der Waals surface area contributed by atoms with Gasteiger partial charge in [-0.2, -0.15) is 0 Å². The first-order chi connectivity index (χ1) is 7.97. The number of nitrogens with zero attached hydrogens (tertiary/aromatic N) is 3. The number of rotatable bonds is 5. The van der Waals surface area contributed by atoms with Gasteiger partial charge in [-0.25, -0.2) is 8.42 Å². The maximum atomic E-state index is 11.9. The summed E-state index contributed by atoms with van der Waals surface area (Å²) in [6, 6.07) is 4.26. The molecule has 1 aromatic carbocycles. The SMILES string of the molecule is [N-]=[N+]=NCCCS(=O)(=O)c1cc(Cl)ccc1Cl. The van der Waals surface area contributed by atoms with Gasteiger partial charge in [0.2, 0.25) is 0 Å². The zero-order valence-electron chi connectivity index (χ0n) is 8.68. The predicted octanol–water partition coefficient (Wildman–Crippen LogP) is 3.47. The van der Waals surface area contributed by atoms with E-state index in [1.165, 1.54) is 18.2 Å². The Bertz CT molecular complexity index is 553. The Balaban J connectivity index is 2.89. The van der Waals surface area contributed by atoms with Gasteiger partial charge in [0.05, 0.1) is 15.7 Å². The molecule has 0 bridgehead atoms. The Hall–Kier alpha value is -0.940. The summed E-state index contributed by atoms with van der Waals surface area (Å²) in [4.78, 5) is 2.55. The van der Waals surface area contributed by atoms with Crippen LogP contribution in [0.4, 0.5) is 0 Å². The summed E-state index contributed by atoms with van der Waals surface area (Å²) >= 11 is 11.5. The molecule has 0 aromatic heterocycles. The average molecular weight is 294 g/mol. The molecule has 0 heterocycles. The van der Waals surface area contributed by atoms with E-state index in [1.807, 2.05) is 0 Å². The van der Waals surface area contributed by atoms with Gasteiger partial charge in [-0.3, -0.25) is 0 Å². The highest BCUT2D eigenvalue weighted by atomic mass is 35.5. The molecular weight excluding hydrogens is 285 g/mol. The Morgan fingerprint density at radius 3 is 2.71 bits per heavy atom. The van der Waals surface area contributed by atoms with E-state index in [0.717, 1.165) is 0 Å². The molecule has 0 unspecified atom stereocenters. The number of azide groups is 1. The van der Waals surface area contributed by atoms with E-state index in [-0.39, 0.29) is 28.6 Å². The van der Waals surface area contributed by atoms with Gasteiger partial charge < -0.3 is 0 Å². The van der Waals surface area contributed by atoms with Gasteiger partial charge >= 0.3 is 0 Å². The number of benzene rings is 1. The molecule has 5 nitrogen and oxygen atoms in total.